The van der Waals surface area contributed by atoms with E-state index in [4.69, 9.17) is 9.47 Å². The van der Waals surface area contributed by atoms with Crippen LogP contribution in [-0.2, 0) is 22.3 Å². The molecule has 1 unspecified atom stereocenters. The predicted molar refractivity (Wildman–Crippen MR) is 208 cm³/mol. The molecule has 0 spiro atoms. The number of rotatable bonds is 19. The number of hydrogen-bond acceptors (Lipinski definition) is 8. The van der Waals surface area contributed by atoms with Gasteiger partial charge in [-0.2, -0.15) is 4.98 Å². The molecular formula is C40H55N7O3S. The first-order valence-electron chi connectivity index (χ1n) is 18.6. The number of unbranched alkanes of at least 4 members (excludes halogenated alkanes) is 1. The number of ether oxygens (including phenoxy) is 2. The van der Waals surface area contributed by atoms with Crippen LogP contribution in [0, 0.1) is 5.92 Å². The zero-order chi connectivity index (χ0) is 36.2. The lowest BCUT2D eigenvalue weighted by Gasteiger charge is -2.27. The molecule has 4 aromatic rings. The summed E-state index contributed by atoms with van der Waals surface area (Å²) in [5.74, 6) is 3.62. The Hall–Kier alpha value is -4.09. The maximum absolute atomic E-state index is 13.7. The Morgan fingerprint density at radius 3 is 2.59 bits per heavy atom. The molecule has 2 aromatic heterocycles. The van der Waals surface area contributed by atoms with Gasteiger partial charge in [0, 0.05) is 61.6 Å². The first-order valence-corrected chi connectivity index (χ1v) is 19.6. The number of fused-ring (bicyclic) bond motifs is 1. The highest BCUT2D eigenvalue weighted by molar-refractivity contribution is 7.98. The van der Waals surface area contributed by atoms with Gasteiger partial charge in [-0.1, -0.05) is 77.4 Å². The van der Waals surface area contributed by atoms with Gasteiger partial charge in [0.05, 0.1) is 6.61 Å². The summed E-state index contributed by atoms with van der Waals surface area (Å²) in [6.07, 6.45) is 10.1. The van der Waals surface area contributed by atoms with Crippen LogP contribution in [0.25, 0.3) is 17.2 Å². The molecule has 0 saturated heterocycles. The molecule has 0 fully saturated rings. The molecule has 51 heavy (non-hydrogen) atoms. The fraction of sp³-hybridized carbons (Fsp3) is 0.500. The second-order valence-electron chi connectivity index (χ2n) is 13.6. The maximum atomic E-state index is 13.7. The third kappa shape index (κ3) is 10.7. The molecule has 1 aliphatic heterocycles. The number of thioether (sulfide) groups is 1. The number of carbonyl (C=O) groups is 1. The van der Waals surface area contributed by atoms with Crippen LogP contribution in [0.2, 0.25) is 0 Å². The van der Waals surface area contributed by atoms with Gasteiger partial charge in [0.25, 0.3) is 5.91 Å². The molecular weight excluding hydrogens is 659 g/mol. The van der Waals surface area contributed by atoms with E-state index in [2.05, 4.69) is 95.2 Å². The van der Waals surface area contributed by atoms with Gasteiger partial charge < -0.3 is 19.4 Å². The minimum atomic E-state index is -0.181. The Balaban J connectivity index is 1.26. The highest BCUT2D eigenvalue weighted by Crippen LogP contribution is 2.34. The minimum Gasteiger partial charge on any atom is -0.491 e. The summed E-state index contributed by atoms with van der Waals surface area (Å²) in [5, 5.41) is 8.23. The Bertz CT molecular complexity index is 1730. The summed E-state index contributed by atoms with van der Waals surface area (Å²) in [6.45, 7) is 14.6. The Morgan fingerprint density at radius 2 is 1.84 bits per heavy atom. The monoisotopic (exact) mass is 713 g/mol. The van der Waals surface area contributed by atoms with Gasteiger partial charge >= 0.3 is 0 Å². The van der Waals surface area contributed by atoms with Crippen LogP contribution in [0.15, 0.2) is 59.4 Å². The Morgan fingerprint density at radius 1 is 1.04 bits per heavy atom. The minimum absolute atomic E-state index is 0.181. The second-order valence-corrected chi connectivity index (χ2v) is 14.6. The van der Waals surface area contributed by atoms with E-state index in [0.29, 0.717) is 48.7 Å². The predicted octanol–water partition coefficient (Wildman–Crippen LogP) is 8.87. The van der Waals surface area contributed by atoms with Crippen molar-refractivity contribution in [3.05, 3.63) is 71.3 Å². The third-order valence-corrected chi connectivity index (χ3v) is 10.1. The van der Waals surface area contributed by atoms with E-state index in [1.54, 1.807) is 16.4 Å². The first kappa shape index (κ1) is 38.1. The Kier molecular flexibility index (Phi) is 14.2. The van der Waals surface area contributed by atoms with Gasteiger partial charge in [-0.15, -0.1) is 5.10 Å². The number of amides is 1. The van der Waals surface area contributed by atoms with Crippen LogP contribution < -0.4 is 15.0 Å². The second kappa shape index (κ2) is 18.9. The van der Waals surface area contributed by atoms with Crippen molar-refractivity contribution in [2.24, 2.45) is 13.0 Å². The average Bonchev–Trinajstić information content (AvgIpc) is 3.69. The first-order chi connectivity index (χ1) is 24.8. The summed E-state index contributed by atoms with van der Waals surface area (Å²) in [4.78, 5) is 28.9. The summed E-state index contributed by atoms with van der Waals surface area (Å²) < 4.78 is 13.2. The van der Waals surface area contributed by atoms with E-state index in [-0.39, 0.29) is 5.91 Å². The van der Waals surface area contributed by atoms with E-state index in [9.17, 15) is 4.79 Å². The summed E-state index contributed by atoms with van der Waals surface area (Å²) >= 11 is 1.57. The van der Waals surface area contributed by atoms with E-state index in [1.807, 2.05) is 31.5 Å². The molecule has 11 heteroatoms. The van der Waals surface area contributed by atoms with Gasteiger partial charge in [0.15, 0.2) is 5.16 Å². The number of imidazole rings is 1. The number of carbonyl (C=O) groups excluding carboxylic acids is 1. The number of anilines is 2. The molecule has 1 aliphatic rings. The SMILES string of the molecule is CCCCOCCOc1ccc(-c2ccc3c(c2)C=C(C(=O)Nc2nc(SCc4cnc(C(CC)CCC)[nH]4)n(C)n2)CCN3CC(C)C)cc1. The van der Waals surface area contributed by atoms with Crippen LogP contribution in [0.3, 0.4) is 0 Å². The zero-order valence-electron chi connectivity index (χ0n) is 31.2. The molecule has 0 radical (unpaired) electrons. The smallest absolute Gasteiger partial charge is 0.254 e. The van der Waals surface area contributed by atoms with Crippen LogP contribution in [0.4, 0.5) is 11.6 Å². The fourth-order valence-electron chi connectivity index (χ4n) is 6.31. The van der Waals surface area contributed by atoms with Crippen molar-refractivity contribution in [3.63, 3.8) is 0 Å². The van der Waals surface area contributed by atoms with Crippen molar-refractivity contribution in [1.29, 1.82) is 0 Å². The van der Waals surface area contributed by atoms with Crippen LogP contribution in [0.5, 0.6) is 5.75 Å². The molecule has 0 saturated carbocycles. The highest BCUT2D eigenvalue weighted by atomic mass is 32.2. The normalized spacial score (nSPS) is 13.5. The average molecular weight is 714 g/mol. The molecule has 2 N–H and O–H groups in total. The van der Waals surface area contributed by atoms with Crippen molar-refractivity contribution >= 4 is 35.4 Å². The molecule has 3 heterocycles. The number of aromatic nitrogens is 5. The number of aromatic amines is 1. The van der Waals surface area contributed by atoms with Crippen molar-refractivity contribution in [2.75, 3.05) is 43.1 Å². The van der Waals surface area contributed by atoms with Crippen molar-refractivity contribution < 1.29 is 14.3 Å². The fourth-order valence-corrected chi connectivity index (χ4v) is 7.12. The molecule has 0 bridgehead atoms. The molecule has 2 aromatic carbocycles. The van der Waals surface area contributed by atoms with E-state index in [1.165, 1.54) is 0 Å². The summed E-state index contributed by atoms with van der Waals surface area (Å²) in [6, 6.07) is 14.7. The lowest BCUT2D eigenvalue weighted by Crippen LogP contribution is -2.29. The topological polar surface area (TPSA) is 110 Å². The van der Waals surface area contributed by atoms with Crippen molar-refractivity contribution in [1.82, 2.24) is 24.7 Å². The van der Waals surface area contributed by atoms with Crippen molar-refractivity contribution in [3.8, 4) is 16.9 Å². The number of aryl methyl sites for hydroxylation is 1. The lowest BCUT2D eigenvalue weighted by molar-refractivity contribution is -0.112. The van der Waals surface area contributed by atoms with Crippen LogP contribution >= 0.6 is 11.8 Å². The summed E-state index contributed by atoms with van der Waals surface area (Å²) in [7, 11) is 1.85. The molecule has 1 amide bonds. The van der Waals surface area contributed by atoms with Gasteiger partial charge in [0.1, 0.15) is 18.2 Å². The number of nitrogens with zero attached hydrogens (tertiary/aromatic N) is 5. The third-order valence-electron chi connectivity index (χ3n) is 9.02. The Labute approximate surface area is 307 Å². The quantitative estimate of drug-likeness (QED) is 0.0733. The molecule has 274 valence electrons. The van der Waals surface area contributed by atoms with Gasteiger partial charge in [-0.05, 0) is 78.6 Å². The highest BCUT2D eigenvalue weighted by Gasteiger charge is 2.22. The molecule has 5 rings (SSSR count). The summed E-state index contributed by atoms with van der Waals surface area (Å²) in [5.41, 5.74) is 6.08. The number of benzene rings is 2. The van der Waals surface area contributed by atoms with E-state index in [0.717, 1.165) is 96.6 Å². The number of H-pyrrole nitrogens is 1. The van der Waals surface area contributed by atoms with Gasteiger partial charge in [0.2, 0.25) is 5.95 Å². The van der Waals surface area contributed by atoms with Gasteiger partial charge in [-0.25, -0.2) is 9.67 Å². The zero-order valence-corrected chi connectivity index (χ0v) is 32.0. The van der Waals surface area contributed by atoms with Crippen molar-refractivity contribution in [2.45, 2.75) is 90.0 Å². The number of hydrogen-bond donors (Lipinski definition) is 2. The molecule has 1 atom stereocenters. The standard InChI is InChI=1S/C40H55N7O3S/c1-7-10-20-49-21-22-50-35-15-12-30(13-16-35)31-14-17-36-33(23-31)24-32(18-19-47(36)26-28(4)5)38(48)43-39-44-40(46(6)45-39)51-27-34-25-41-37(42-34)29(9-3)11-8-2/h12-17,23-25,28-29H,7-11,18-22,26-27H2,1-6H3,(H,41,42)(H,43,45,48). The molecule has 0 aliphatic carbocycles. The van der Waals surface area contributed by atoms with Gasteiger partial charge in [-0.3, -0.25) is 10.1 Å². The van der Waals surface area contributed by atoms with E-state index >= 15 is 0 Å². The van der Waals surface area contributed by atoms with Crippen LogP contribution in [0.1, 0.15) is 96.1 Å². The lowest BCUT2D eigenvalue weighted by atomic mass is 10.00. The van der Waals surface area contributed by atoms with Crippen LogP contribution in [-0.4, -0.2) is 63.5 Å². The molecule has 10 nitrogen and oxygen atoms in total. The van der Waals surface area contributed by atoms with E-state index < -0.39 is 0 Å². The maximum Gasteiger partial charge on any atom is 0.254 e. The largest absolute Gasteiger partial charge is 0.491 e. The number of nitrogens with one attached hydrogen (secondary N) is 2.